The van der Waals surface area contributed by atoms with Crippen molar-refractivity contribution in [3.63, 3.8) is 0 Å². The Bertz CT molecular complexity index is 641. The number of hydrogen-bond acceptors (Lipinski definition) is 2. The lowest BCUT2D eigenvalue weighted by atomic mass is 9.99. The maximum absolute atomic E-state index is 13.8. The van der Waals surface area contributed by atoms with Gasteiger partial charge in [0.1, 0.15) is 11.6 Å². The highest BCUT2D eigenvalue weighted by atomic mass is 79.9. The summed E-state index contributed by atoms with van der Waals surface area (Å²) in [6.07, 6.45) is 0. The molecule has 0 unspecified atom stereocenters. The van der Waals surface area contributed by atoms with Gasteiger partial charge in [0.05, 0.1) is 12.7 Å². The summed E-state index contributed by atoms with van der Waals surface area (Å²) in [6, 6.07) is 7.96. The molecule has 0 saturated carbocycles. The van der Waals surface area contributed by atoms with Crippen LogP contribution in [0.25, 0.3) is 11.1 Å². The standard InChI is InChI=1S/C14H9BrF2O2/c1-19-14(18)11-4-2-8(15)6-12(11)10-5-3-9(16)7-13(10)17/h2-7H,1H3. The average Bonchev–Trinajstić information content (AvgIpc) is 2.38. The van der Waals surface area contributed by atoms with Gasteiger partial charge in [-0.05, 0) is 30.3 Å². The second kappa shape index (κ2) is 5.48. The van der Waals surface area contributed by atoms with Gasteiger partial charge in [0.25, 0.3) is 0 Å². The third-order valence-corrected chi connectivity index (χ3v) is 3.10. The van der Waals surface area contributed by atoms with E-state index in [0.717, 1.165) is 12.1 Å². The fourth-order valence-corrected chi connectivity index (χ4v) is 2.10. The van der Waals surface area contributed by atoms with Gasteiger partial charge < -0.3 is 4.74 Å². The lowest BCUT2D eigenvalue weighted by Crippen LogP contribution is -2.04. The van der Waals surface area contributed by atoms with Gasteiger partial charge in [-0.2, -0.15) is 0 Å². The van der Waals surface area contributed by atoms with Crippen molar-refractivity contribution in [3.8, 4) is 11.1 Å². The summed E-state index contributed by atoms with van der Waals surface area (Å²) in [7, 11) is 1.25. The molecule has 19 heavy (non-hydrogen) atoms. The van der Waals surface area contributed by atoms with Gasteiger partial charge >= 0.3 is 5.97 Å². The first-order valence-electron chi connectivity index (χ1n) is 5.36. The van der Waals surface area contributed by atoms with Crippen LogP contribution in [0.4, 0.5) is 8.78 Å². The highest BCUT2D eigenvalue weighted by Crippen LogP contribution is 2.30. The lowest BCUT2D eigenvalue weighted by Gasteiger charge is -2.09. The summed E-state index contributed by atoms with van der Waals surface area (Å²) in [5, 5.41) is 0. The summed E-state index contributed by atoms with van der Waals surface area (Å²) in [5.74, 6) is -1.98. The van der Waals surface area contributed by atoms with E-state index in [2.05, 4.69) is 20.7 Å². The van der Waals surface area contributed by atoms with E-state index in [1.807, 2.05) is 0 Å². The molecule has 0 aliphatic carbocycles. The molecule has 0 heterocycles. The number of methoxy groups -OCH3 is 1. The third-order valence-electron chi connectivity index (χ3n) is 2.61. The third kappa shape index (κ3) is 2.81. The van der Waals surface area contributed by atoms with Crippen LogP contribution in [0.3, 0.4) is 0 Å². The first-order chi connectivity index (χ1) is 9.02. The molecule has 0 bridgehead atoms. The van der Waals surface area contributed by atoms with E-state index in [4.69, 9.17) is 0 Å². The smallest absolute Gasteiger partial charge is 0.338 e. The summed E-state index contributed by atoms with van der Waals surface area (Å²) >= 11 is 3.26. The molecule has 0 spiro atoms. The summed E-state index contributed by atoms with van der Waals surface area (Å²) in [6.45, 7) is 0. The zero-order valence-electron chi connectivity index (χ0n) is 9.91. The Morgan fingerprint density at radius 2 is 1.84 bits per heavy atom. The number of rotatable bonds is 2. The van der Waals surface area contributed by atoms with Crippen LogP contribution in [-0.2, 0) is 4.74 Å². The van der Waals surface area contributed by atoms with Gasteiger partial charge in [-0.1, -0.05) is 15.9 Å². The lowest BCUT2D eigenvalue weighted by molar-refractivity contribution is 0.0601. The van der Waals surface area contributed by atoms with Gasteiger partial charge in [0.15, 0.2) is 0 Å². The highest BCUT2D eigenvalue weighted by molar-refractivity contribution is 9.10. The molecule has 0 radical (unpaired) electrons. The van der Waals surface area contributed by atoms with Crippen LogP contribution >= 0.6 is 15.9 Å². The van der Waals surface area contributed by atoms with Crippen molar-refractivity contribution in [1.29, 1.82) is 0 Å². The molecule has 2 nitrogen and oxygen atoms in total. The maximum atomic E-state index is 13.8. The molecule has 0 saturated heterocycles. The largest absolute Gasteiger partial charge is 0.465 e. The summed E-state index contributed by atoms with van der Waals surface area (Å²) in [4.78, 5) is 11.7. The topological polar surface area (TPSA) is 26.3 Å². The Kier molecular flexibility index (Phi) is 3.95. The summed E-state index contributed by atoms with van der Waals surface area (Å²) in [5.41, 5.74) is 0.707. The van der Waals surface area contributed by atoms with Crippen molar-refractivity contribution in [2.24, 2.45) is 0 Å². The van der Waals surface area contributed by atoms with Crippen LogP contribution in [0.5, 0.6) is 0 Å². The fourth-order valence-electron chi connectivity index (χ4n) is 1.74. The predicted molar refractivity (Wildman–Crippen MR) is 70.8 cm³/mol. The number of carbonyl (C=O) groups excluding carboxylic acids is 1. The Hall–Kier alpha value is -1.75. The van der Waals surface area contributed by atoms with E-state index in [1.165, 1.54) is 19.2 Å². The van der Waals surface area contributed by atoms with Gasteiger partial charge in [-0.15, -0.1) is 0 Å². The molecule has 0 atom stereocenters. The molecular formula is C14H9BrF2O2. The fraction of sp³-hybridized carbons (Fsp3) is 0.0714. The molecule has 0 aromatic heterocycles. The second-order valence-corrected chi connectivity index (χ2v) is 4.72. The van der Waals surface area contributed by atoms with E-state index in [0.29, 0.717) is 10.0 Å². The molecule has 2 rings (SSSR count). The number of halogens is 3. The Labute approximate surface area is 117 Å². The quantitative estimate of drug-likeness (QED) is 0.774. The van der Waals surface area contributed by atoms with Crippen LogP contribution in [0, 0.1) is 11.6 Å². The number of hydrogen-bond donors (Lipinski definition) is 0. The molecule has 98 valence electrons. The average molecular weight is 327 g/mol. The minimum Gasteiger partial charge on any atom is -0.465 e. The molecule has 0 N–H and O–H groups in total. The van der Waals surface area contributed by atoms with Gasteiger partial charge in [-0.25, -0.2) is 13.6 Å². The number of carbonyl (C=O) groups is 1. The van der Waals surface area contributed by atoms with Crippen molar-refractivity contribution in [1.82, 2.24) is 0 Å². The zero-order valence-corrected chi connectivity index (χ0v) is 11.5. The molecule has 0 aliphatic heterocycles. The van der Waals surface area contributed by atoms with E-state index >= 15 is 0 Å². The van der Waals surface area contributed by atoms with Crippen molar-refractivity contribution < 1.29 is 18.3 Å². The molecule has 0 amide bonds. The van der Waals surface area contributed by atoms with E-state index in [9.17, 15) is 13.6 Å². The number of ether oxygens (including phenoxy) is 1. The van der Waals surface area contributed by atoms with Crippen LogP contribution < -0.4 is 0 Å². The van der Waals surface area contributed by atoms with Crippen LogP contribution in [-0.4, -0.2) is 13.1 Å². The highest BCUT2D eigenvalue weighted by Gasteiger charge is 2.16. The molecule has 5 heteroatoms. The SMILES string of the molecule is COC(=O)c1ccc(Br)cc1-c1ccc(F)cc1F. The van der Waals surface area contributed by atoms with Crippen LogP contribution in [0.15, 0.2) is 40.9 Å². The normalized spacial score (nSPS) is 10.3. The minimum atomic E-state index is -0.733. The minimum absolute atomic E-state index is 0.142. The second-order valence-electron chi connectivity index (χ2n) is 3.81. The van der Waals surface area contributed by atoms with Crippen LogP contribution in [0.2, 0.25) is 0 Å². The molecular weight excluding hydrogens is 318 g/mol. The predicted octanol–water partition coefficient (Wildman–Crippen LogP) is 4.18. The van der Waals surface area contributed by atoms with Crippen molar-refractivity contribution in [2.75, 3.05) is 7.11 Å². The van der Waals surface area contributed by atoms with E-state index in [1.54, 1.807) is 12.1 Å². The summed E-state index contributed by atoms with van der Waals surface area (Å²) < 4.78 is 32.1. The van der Waals surface area contributed by atoms with Gasteiger partial charge in [-0.3, -0.25) is 0 Å². The first kappa shape index (κ1) is 13.7. The Morgan fingerprint density at radius 3 is 2.47 bits per heavy atom. The van der Waals surface area contributed by atoms with E-state index < -0.39 is 17.6 Å². The Morgan fingerprint density at radius 1 is 1.11 bits per heavy atom. The van der Waals surface area contributed by atoms with Gasteiger partial charge in [0, 0.05) is 21.7 Å². The number of esters is 1. The van der Waals surface area contributed by atoms with Gasteiger partial charge in [0.2, 0.25) is 0 Å². The van der Waals surface area contributed by atoms with Crippen molar-refractivity contribution in [3.05, 3.63) is 58.1 Å². The molecule has 2 aromatic carbocycles. The van der Waals surface area contributed by atoms with E-state index in [-0.39, 0.29) is 11.1 Å². The monoisotopic (exact) mass is 326 g/mol. The molecule has 2 aromatic rings. The van der Waals surface area contributed by atoms with Crippen molar-refractivity contribution in [2.45, 2.75) is 0 Å². The van der Waals surface area contributed by atoms with Crippen LogP contribution in [0.1, 0.15) is 10.4 Å². The molecule has 0 fully saturated rings. The Balaban J connectivity index is 2.66. The zero-order chi connectivity index (χ0) is 14.0. The maximum Gasteiger partial charge on any atom is 0.338 e. The van der Waals surface area contributed by atoms with Crippen molar-refractivity contribution >= 4 is 21.9 Å². The molecule has 0 aliphatic rings. The number of benzene rings is 2. The first-order valence-corrected chi connectivity index (χ1v) is 6.15.